The van der Waals surface area contributed by atoms with Gasteiger partial charge in [0.1, 0.15) is 0 Å². The van der Waals surface area contributed by atoms with Crippen LogP contribution in [0.4, 0.5) is 5.69 Å². The van der Waals surface area contributed by atoms with Crippen LogP contribution in [-0.4, -0.2) is 49.7 Å². The maximum atomic E-state index is 12.6. The number of anilines is 1. The van der Waals surface area contributed by atoms with Crippen molar-refractivity contribution in [3.63, 3.8) is 0 Å². The number of methoxy groups -OCH3 is 2. The molecule has 152 valence electrons. The van der Waals surface area contributed by atoms with Gasteiger partial charge in [-0.25, -0.2) is 0 Å². The van der Waals surface area contributed by atoms with E-state index in [-0.39, 0.29) is 30.2 Å². The van der Waals surface area contributed by atoms with Crippen LogP contribution in [0.2, 0.25) is 0 Å². The molecule has 0 aromatic heterocycles. The van der Waals surface area contributed by atoms with Crippen LogP contribution in [0.15, 0.2) is 18.2 Å². The number of aliphatic carboxylic acids is 1. The number of ether oxygens (including phenoxy) is 2. The molecule has 1 aromatic carbocycles. The minimum absolute atomic E-state index is 0.0201. The zero-order valence-corrected chi connectivity index (χ0v) is 16.1. The highest BCUT2D eigenvalue weighted by molar-refractivity contribution is 6.00. The van der Waals surface area contributed by atoms with Crippen molar-refractivity contribution < 1.29 is 29.0 Å². The first-order valence-corrected chi connectivity index (χ1v) is 9.48. The van der Waals surface area contributed by atoms with Crippen molar-refractivity contribution in [2.75, 3.05) is 25.7 Å². The number of rotatable bonds is 6. The van der Waals surface area contributed by atoms with Crippen LogP contribution in [0.1, 0.15) is 32.1 Å². The molecular formula is C20H26N2O6. The first-order chi connectivity index (χ1) is 13.4. The van der Waals surface area contributed by atoms with Gasteiger partial charge in [0.25, 0.3) is 0 Å². The van der Waals surface area contributed by atoms with Gasteiger partial charge in [0.15, 0.2) is 11.5 Å². The summed E-state index contributed by atoms with van der Waals surface area (Å²) in [7, 11) is 3.08. The van der Waals surface area contributed by atoms with Crippen LogP contribution in [0, 0.1) is 11.8 Å². The maximum Gasteiger partial charge on any atom is 0.306 e. The minimum Gasteiger partial charge on any atom is -0.493 e. The number of carbonyl (C=O) groups excluding carboxylic acids is 2. The fraction of sp³-hybridized carbons (Fsp3) is 0.550. The molecule has 2 aliphatic rings. The van der Waals surface area contributed by atoms with Crippen LogP contribution in [0.25, 0.3) is 0 Å². The lowest BCUT2D eigenvalue weighted by atomic mass is 9.86. The molecule has 2 N–H and O–H groups in total. The Bertz CT molecular complexity index is 757. The van der Waals surface area contributed by atoms with Crippen molar-refractivity contribution in [3.05, 3.63) is 18.2 Å². The SMILES string of the molecule is COc1ccc(N2C[C@H](C(=O)NC3CCC(C(=O)O)CC3)CC2=O)cc1OC. The Hall–Kier alpha value is -2.77. The molecule has 3 rings (SSSR count). The Morgan fingerprint density at radius 2 is 1.75 bits per heavy atom. The molecule has 0 radical (unpaired) electrons. The van der Waals surface area contributed by atoms with Gasteiger partial charge < -0.3 is 24.8 Å². The van der Waals surface area contributed by atoms with E-state index in [1.54, 1.807) is 30.2 Å². The van der Waals surface area contributed by atoms with Gasteiger partial charge in [-0.3, -0.25) is 14.4 Å². The first kappa shape index (κ1) is 20.0. The molecule has 1 saturated heterocycles. The number of amides is 2. The van der Waals surface area contributed by atoms with E-state index in [1.165, 1.54) is 7.11 Å². The number of nitrogens with zero attached hydrogens (tertiary/aromatic N) is 1. The van der Waals surface area contributed by atoms with E-state index in [0.717, 1.165) is 0 Å². The molecule has 28 heavy (non-hydrogen) atoms. The predicted octanol–water partition coefficient (Wildman–Crippen LogP) is 1.82. The third-order valence-corrected chi connectivity index (χ3v) is 5.60. The van der Waals surface area contributed by atoms with Crippen molar-refractivity contribution in [3.8, 4) is 11.5 Å². The minimum atomic E-state index is -0.767. The number of carboxylic acid groups (broad SMARTS) is 1. The largest absolute Gasteiger partial charge is 0.493 e. The van der Waals surface area contributed by atoms with Crippen molar-refractivity contribution in [1.29, 1.82) is 0 Å². The smallest absolute Gasteiger partial charge is 0.306 e. The molecule has 1 aromatic rings. The number of carbonyl (C=O) groups is 3. The van der Waals surface area contributed by atoms with Crippen molar-refractivity contribution in [1.82, 2.24) is 5.32 Å². The lowest BCUT2D eigenvalue weighted by Gasteiger charge is -2.27. The van der Waals surface area contributed by atoms with E-state index in [0.29, 0.717) is 49.4 Å². The molecule has 8 nitrogen and oxygen atoms in total. The summed E-state index contributed by atoms with van der Waals surface area (Å²) in [4.78, 5) is 37.7. The molecule has 1 aliphatic carbocycles. The summed E-state index contributed by atoms with van der Waals surface area (Å²) in [6, 6.07) is 5.21. The second-order valence-corrected chi connectivity index (χ2v) is 7.34. The predicted molar refractivity (Wildman–Crippen MR) is 102 cm³/mol. The molecular weight excluding hydrogens is 364 g/mol. The van der Waals surface area contributed by atoms with E-state index in [9.17, 15) is 14.4 Å². The molecule has 2 amide bonds. The number of hydrogen-bond acceptors (Lipinski definition) is 5. The monoisotopic (exact) mass is 390 g/mol. The van der Waals surface area contributed by atoms with Crippen LogP contribution in [-0.2, 0) is 14.4 Å². The molecule has 8 heteroatoms. The highest BCUT2D eigenvalue weighted by Crippen LogP contribution is 2.34. The van der Waals surface area contributed by atoms with Crippen molar-refractivity contribution in [2.24, 2.45) is 11.8 Å². The first-order valence-electron chi connectivity index (χ1n) is 9.48. The topological polar surface area (TPSA) is 105 Å². The normalized spacial score (nSPS) is 24.7. The Balaban J connectivity index is 1.60. The third-order valence-electron chi connectivity index (χ3n) is 5.60. The van der Waals surface area contributed by atoms with Gasteiger partial charge in [-0.05, 0) is 37.8 Å². The summed E-state index contributed by atoms with van der Waals surface area (Å²) in [5, 5.41) is 12.1. The van der Waals surface area contributed by atoms with E-state index >= 15 is 0 Å². The molecule has 1 saturated carbocycles. The van der Waals surface area contributed by atoms with Crippen LogP contribution in [0.3, 0.4) is 0 Å². The Kier molecular flexibility index (Phi) is 6.06. The fourth-order valence-corrected chi connectivity index (χ4v) is 3.93. The zero-order valence-electron chi connectivity index (χ0n) is 16.1. The summed E-state index contributed by atoms with van der Waals surface area (Å²) in [5.74, 6) is -0.659. The summed E-state index contributed by atoms with van der Waals surface area (Å²) >= 11 is 0. The zero-order chi connectivity index (χ0) is 20.3. The quantitative estimate of drug-likeness (QED) is 0.768. The highest BCUT2D eigenvalue weighted by atomic mass is 16.5. The molecule has 0 bridgehead atoms. The number of nitrogens with one attached hydrogen (secondary N) is 1. The average molecular weight is 390 g/mol. The highest BCUT2D eigenvalue weighted by Gasteiger charge is 2.37. The van der Waals surface area contributed by atoms with Gasteiger partial charge in [-0.2, -0.15) is 0 Å². The van der Waals surface area contributed by atoms with Gasteiger partial charge in [0.05, 0.1) is 26.1 Å². The van der Waals surface area contributed by atoms with E-state index in [2.05, 4.69) is 5.32 Å². The van der Waals surface area contributed by atoms with Gasteiger partial charge in [0.2, 0.25) is 11.8 Å². The van der Waals surface area contributed by atoms with Gasteiger partial charge in [-0.15, -0.1) is 0 Å². The Morgan fingerprint density at radius 1 is 1.07 bits per heavy atom. The molecule has 1 atom stereocenters. The third kappa shape index (κ3) is 4.21. The van der Waals surface area contributed by atoms with E-state index in [4.69, 9.17) is 14.6 Å². The second kappa shape index (κ2) is 8.50. The molecule has 1 heterocycles. The van der Waals surface area contributed by atoms with Gasteiger partial charge in [-0.1, -0.05) is 0 Å². The molecule has 0 unspecified atom stereocenters. The molecule has 1 aliphatic heterocycles. The lowest BCUT2D eigenvalue weighted by Crippen LogP contribution is -2.42. The Morgan fingerprint density at radius 3 is 2.36 bits per heavy atom. The number of carboxylic acids is 1. The number of benzene rings is 1. The van der Waals surface area contributed by atoms with Crippen LogP contribution >= 0.6 is 0 Å². The van der Waals surface area contributed by atoms with Gasteiger partial charge >= 0.3 is 5.97 Å². The van der Waals surface area contributed by atoms with Crippen LogP contribution in [0.5, 0.6) is 11.5 Å². The summed E-state index contributed by atoms with van der Waals surface area (Å²) in [5.41, 5.74) is 0.667. The van der Waals surface area contributed by atoms with Crippen molar-refractivity contribution in [2.45, 2.75) is 38.1 Å². The second-order valence-electron chi connectivity index (χ2n) is 7.34. The summed E-state index contributed by atoms with van der Waals surface area (Å²) in [6.45, 7) is 0.310. The molecule has 0 spiro atoms. The lowest BCUT2D eigenvalue weighted by molar-refractivity contribution is -0.142. The van der Waals surface area contributed by atoms with Crippen LogP contribution < -0.4 is 19.7 Å². The van der Waals surface area contributed by atoms with E-state index in [1.807, 2.05) is 0 Å². The summed E-state index contributed by atoms with van der Waals surface area (Å²) in [6.07, 6.45) is 2.61. The number of hydrogen-bond donors (Lipinski definition) is 2. The Labute approximate surface area is 163 Å². The molecule has 2 fully saturated rings. The summed E-state index contributed by atoms with van der Waals surface area (Å²) < 4.78 is 10.5. The average Bonchev–Trinajstić information content (AvgIpc) is 3.09. The standard InChI is InChI=1S/C20H26N2O6/c1-27-16-8-7-15(10-17(16)28-2)22-11-13(9-18(22)23)19(24)21-14-5-3-12(4-6-14)20(25)26/h7-8,10,12-14H,3-6,9,11H2,1-2H3,(H,21,24)(H,25,26)/t12?,13-,14?/m1/s1. The maximum absolute atomic E-state index is 12.6. The van der Waals surface area contributed by atoms with Crippen molar-refractivity contribution >= 4 is 23.5 Å². The fourth-order valence-electron chi connectivity index (χ4n) is 3.93. The van der Waals surface area contributed by atoms with E-state index < -0.39 is 11.9 Å². The van der Waals surface area contributed by atoms with Gasteiger partial charge in [0, 0.05) is 30.8 Å².